The number of ether oxygens (including phenoxy) is 1. The van der Waals surface area contributed by atoms with E-state index in [1.807, 2.05) is 18.4 Å². The first-order valence-corrected chi connectivity index (χ1v) is 7.25. The van der Waals surface area contributed by atoms with E-state index in [9.17, 15) is 4.79 Å². The van der Waals surface area contributed by atoms with Crippen molar-refractivity contribution in [3.63, 3.8) is 0 Å². The van der Waals surface area contributed by atoms with Crippen LogP contribution < -0.4 is 10.6 Å². The largest absolute Gasteiger partial charge is 0.366 e. The highest BCUT2D eigenvalue weighted by Crippen LogP contribution is 2.14. The van der Waals surface area contributed by atoms with Crippen LogP contribution in [0.25, 0.3) is 0 Å². The van der Waals surface area contributed by atoms with Crippen molar-refractivity contribution in [2.24, 2.45) is 0 Å². The molecule has 0 saturated carbocycles. The van der Waals surface area contributed by atoms with Crippen molar-refractivity contribution in [3.05, 3.63) is 29.8 Å². The second kappa shape index (κ2) is 6.78. The number of nitrogens with one attached hydrogen (secondary N) is 2. The molecule has 1 amide bonds. The molecule has 4 nitrogen and oxygen atoms in total. The third kappa shape index (κ3) is 3.73. The average molecular weight is 266 g/mol. The lowest BCUT2D eigenvalue weighted by molar-refractivity contribution is -0.134. The smallest absolute Gasteiger partial charge is 0.250 e. The molecule has 0 bridgehead atoms. The van der Waals surface area contributed by atoms with Crippen LogP contribution in [0.15, 0.2) is 29.2 Å². The molecule has 1 fully saturated rings. The molecular formula is C13H18N2O2S. The summed E-state index contributed by atoms with van der Waals surface area (Å²) in [5, 5.41) is 6.04. The summed E-state index contributed by atoms with van der Waals surface area (Å²) in [5.41, 5.74) is 1.10. The zero-order valence-electron chi connectivity index (χ0n) is 10.4. The summed E-state index contributed by atoms with van der Waals surface area (Å²) in [7, 11) is 0. The first kappa shape index (κ1) is 13.4. The highest BCUT2D eigenvalue weighted by molar-refractivity contribution is 7.98. The van der Waals surface area contributed by atoms with Crippen molar-refractivity contribution in [1.29, 1.82) is 0 Å². The molecule has 5 heteroatoms. The molecule has 1 aliphatic heterocycles. The predicted octanol–water partition coefficient (Wildman–Crippen LogP) is 1.01. The van der Waals surface area contributed by atoms with Crippen LogP contribution in [0.4, 0.5) is 0 Å². The van der Waals surface area contributed by atoms with Crippen molar-refractivity contribution >= 4 is 17.7 Å². The van der Waals surface area contributed by atoms with Crippen molar-refractivity contribution in [2.45, 2.75) is 17.5 Å². The molecule has 1 aromatic carbocycles. The highest BCUT2D eigenvalue weighted by Gasteiger charge is 2.20. The topological polar surface area (TPSA) is 50.4 Å². The third-order valence-electron chi connectivity index (χ3n) is 2.85. The number of amides is 1. The van der Waals surface area contributed by atoms with Crippen molar-refractivity contribution < 1.29 is 9.53 Å². The number of morpholine rings is 1. The monoisotopic (exact) mass is 266 g/mol. The minimum absolute atomic E-state index is 0.0452. The molecule has 1 aliphatic rings. The van der Waals surface area contributed by atoms with Crippen molar-refractivity contribution in [1.82, 2.24) is 10.6 Å². The summed E-state index contributed by atoms with van der Waals surface area (Å²) in [5.74, 6) is -0.0452. The standard InChI is InChI=1S/C13H18N2O2S/c1-18-11-4-2-10(3-5-11)8-15-13(16)12-9-14-6-7-17-12/h2-5,12,14H,6-9H2,1H3,(H,15,16). The fourth-order valence-corrected chi connectivity index (χ4v) is 2.19. The van der Waals surface area contributed by atoms with E-state index in [0.717, 1.165) is 12.1 Å². The van der Waals surface area contributed by atoms with Gasteiger partial charge in [-0.2, -0.15) is 0 Å². The maximum Gasteiger partial charge on any atom is 0.250 e. The van der Waals surface area contributed by atoms with Gasteiger partial charge in [0.15, 0.2) is 0 Å². The molecule has 2 N–H and O–H groups in total. The van der Waals surface area contributed by atoms with E-state index in [2.05, 4.69) is 22.8 Å². The molecule has 1 atom stereocenters. The van der Waals surface area contributed by atoms with Crippen molar-refractivity contribution in [3.8, 4) is 0 Å². The Bertz CT molecular complexity index is 388. The van der Waals surface area contributed by atoms with Gasteiger partial charge in [-0.15, -0.1) is 11.8 Å². The van der Waals surface area contributed by atoms with Gasteiger partial charge in [0.1, 0.15) is 6.10 Å². The number of carbonyl (C=O) groups excluding carboxylic acids is 1. The van der Waals surface area contributed by atoms with E-state index in [4.69, 9.17) is 4.74 Å². The fourth-order valence-electron chi connectivity index (χ4n) is 1.78. The molecule has 0 spiro atoms. The minimum atomic E-state index is -0.357. The maximum absolute atomic E-state index is 11.8. The quantitative estimate of drug-likeness (QED) is 0.799. The molecular weight excluding hydrogens is 248 g/mol. The molecule has 98 valence electrons. The number of thioether (sulfide) groups is 1. The van der Waals surface area contributed by atoms with Crippen LogP contribution in [0.2, 0.25) is 0 Å². The second-order valence-corrected chi connectivity index (χ2v) is 5.01. The van der Waals surface area contributed by atoms with Crippen molar-refractivity contribution in [2.75, 3.05) is 26.0 Å². The Labute approximate surface area is 111 Å². The average Bonchev–Trinajstić information content (AvgIpc) is 2.46. The second-order valence-electron chi connectivity index (χ2n) is 4.13. The zero-order chi connectivity index (χ0) is 12.8. The van der Waals surface area contributed by atoms with Crippen LogP contribution in [0, 0.1) is 0 Å². The van der Waals surface area contributed by atoms with Gasteiger partial charge in [0.2, 0.25) is 0 Å². The fraction of sp³-hybridized carbons (Fsp3) is 0.462. The van der Waals surface area contributed by atoms with Gasteiger partial charge in [-0.25, -0.2) is 0 Å². The maximum atomic E-state index is 11.8. The van der Waals surface area contributed by atoms with Gasteiger partial charge in [0, 0.05) is 24.5 Å². The van der Waals surface area contributed by atoms with Crippen LogP contribution in [0.3, 0.4) is 0 Å². The van der Waals surface area contributed by atoms with E-state index in [1.165, 1.54) is 4.90 Å². The first-order valence-electron chi connectivity index (χ1n) is 6.02. The molecule has 18 heavy (non-hydrogen) atoms. The van der Waals surface area contributed by atoms with Gasteiger partial charge in [-0.1, -0.05) is 12.1 Å². The highest BCUT2D eigenvalue weighted by atomic mass is 32.2. The number of hydrogen-bond donors (Lipinski definition) is 2. The lowest BCUT2D eigenvalue weighted by Crippen LogP contribution is -2.47. The Kier molecular flexibility index (Phi) is 5.04. The number of benzene rings is 1. The molecule has 0 aromatic heterocycles. The molecule has 0 aliphatic carbocycles. The summed E-state index contributed by atoms with van der Waals surface area (Å²) in [6.45, 7) is 2.56. The molecule has 2 rings (SSSR count). The lowest BCUT2D eigenvalue weighted by Gasteiger charge is -2.22. The number of hydrogen-bond acceptors (Lipinski definition) is 4. The van der Waals surface area contributed by atoms with E-state index in [-0.39, 0.29) is 12.0 Å². The molecule has 0 radical (unpaired) electrons. The van der Waals surface area contributed by atoms with Crippen LogP contribution in [-0.2, 0) is 16.1 Å². The summed E-state index contributed by atoms with van der Waals surface area (Å²) >= 11 is 1.71. The lowest BCUT2D eigenvalue weighted by atomic mass is 10.2. The molecule has 1 aromatic rings. The summed E-state index contributed by atoms with van der Waals surface area (Å²) in [6, 6.07) is 8.19. The Morgan fingerprint density at radius 3 is 2.89 bits per heavy atom. The van der Waals surface area contributed by atoms with Gasteiger partial charge in [-0.05, 0) is 24.0 Å². The van der Waals surface area contributed by atoms with E-state index >= 15 is 0 Å². The Morgan fingerprint density at radius 1 is 1.50 bits per heavy atom. The Morgan fingerprint density at radius 2 is 2.28 bits per heavy atom. The van der Waals surface area contributed by atoms with Crippen LogP contribution in [-0.4, -0.2) is 38.0 Å². The number of rotatable bonds is 4. The predicted molar refractivity (Wildman–Crippen MR) is 72.7 cm³/mol. The third-order valence-corrected chi connectivity index (χ3v) is 3.59. The molecule has 1 heterocycles. The summed E-state index contributed by atoms with van der Waals surface area (Å²) in [6.07, 6.45) is 1.69. The Hall–Kier alpha value is -1.04. The summed E-state index contributed by atoms with van der Waals surface area (Å²) in [4.78, 5) is 13.0. The first-order chi connectivity index (χ1) is 8.79. The van der Waals surface area contributed by atoms with Gasteiger partial charge >= 0.3 is 0 Å². The normalized spacial score (nSPS) is 19.5. The van der Waals surface area contributed by atoms with Crippen LogP contribution >= 0.6 is 11.8 Å². The van der Waals surface area contributed by atoms with E-state index in [1.54, 1.807) is 11.8 Å². The van der Waals surface area contributed by atoms with E-state index in [0.29, 0.717) is 19.7 Å². The molecule has 1 saturated heterocycles. The summed E-state index contributed by atoms with van der Waals surface area (Å²) < 4.78 is 5.39. The van der Waals surface area contributed by atoms with Crippen LogP contribution in [0.1, 0.15) is 5.56 Å². The van der Waals surface area contributed by atoms with Gasteiger partial charge in [-0.3, -0.25) is 4.79 Å². The Balaban J connectivity index is 1.80. The van der Waals surface area contributed by atoms with Gasteiger partial charge in [0.05, 0.1) is 6.61 Å². The minimum Gasteiger partial charge on any atom is -0.366 e. The SMILES string of the molecule is CSc1ccc(CNC(=O)C2CNCCO2)cc1. The zero-order valence-corrected chi connectivity index (χ0v) is 11.3. The molecule has 1 unspecified atom stereocenters. The van der Waals surface area contributed by atoms with Crippen LogP contribution in [0.5, 0.6) is 0 Å². The number of carbonyl (C=O) groups is 1. The van der Waals surface area contributed by atoms with Gasteiger partial charge in [0.25, 0.3) is 5.91 Å². The van der Waals surface area contributed by atoms with Gasteiger partial charge < -0.3 is 15.4 Å². The van der Waals surface area contributed by atoms with E-state index < -0.39 is 0 Å².